The van der Waals surface area contributed by atoms with E-state index in [0.717, 1.165) is 5.56 Å². The van der Waals surface area contributed by atoms with Crippen LogP contribution in [0.25, 0.3) is 0 Å². The molecule has 1 atom stereocenters. The molecule has 1 aromatic carbocycles. The summed E-state index contributed by atoms with van der Waals surface area (Å²) in [6.45, 7) is 3.54. The third-order valence-corrected chi connectivity index (χ3v) is 3.76. The SMILES string of the molecule is Cc1noc(NC(=O)C2CC(=O)Nc3cc(F)ccc32)c1C. The van der Waals surface area contributed by atoms with Crippen molar-refractivity contribution in [1.29, 1.82) is 0 Å². The summed E-state index contributed by atoms with van der Waals surface area (Å²) in [6.07, 6.45) is -0.00334. The third kappa shape index (κ3) is 2.45. The molecule has 0 saturated heterocycles. The molecule has 3 rings (SSSR count). The Bertz CT molecular complexity index is 769. The van der Waals surface area contributed by atoms with Crippen LogP contribution in [0.4, 0.5) is 16.0 Å². The van der Waals surface area contributed by atoms with Crippen molar-refractivity contribution in [1.82, 2.24) is 5.16 Å². The number of carbonyl (C=O) groups excluding carboxylic acids is 2. The van der Waals surface area contributed by atoms with Crippen molar-refractivity contribution in [2.24, 2.45) is 0 Å². The molecule has 0 aliphatic carbocycles. The molecule has 0 spiro atoms. The highest BCUT2D eigenvalue weighted by Crippen LogP contribution is 2.34. The predicted molar refractivity (Wildman–Crippen MR) is 77.0 cm³/mol. The Balaban J connectivity index is 1.90. The molecule has 114 valence electrons. The lowest BCUT2D eigenvalue weighted by molar-refractivity contribution is -0.123. The van der Waals surface area contributed by atoms with Gasteiger partial charge < -0.3 is 9.84 Å². The average Bonchev–Trinajstić information content (AvgIpc) is 2.78. The number of amides is 2. The zero-order valence-electron chi connectivity index (χ0n) is 12.1. The van der Waals surface area contributed by atoms with Crippen molar-refractivity contribution >= 4 is 23.4 Å². The van der Waals surface area contributed by atoms with E-state index in [2.05, 4.69) is 15.8 Å². The lowest BCUT2D eigenvalue weighted by atomic mass is 9.89. The number of halogens is 1. The van der Waals surface area contributed by atoms with E-state index in [4.69, 9.17) is 4.52 Å². The fourth-order valence-electron chi connectivity index (χ4n) is 2.40. The first-order chi connectivity index (χ1) is 10.5. The number of nitrogens with one attached hydrogen (secondary N) is 2. The van der Waals surface area contributed by atoms with E-state index in [-0.39, 0.29) is 24.1 Å². The van der Waals surface area contributed by atoms with E-state index < -0.39 is 11.7 Å². The summed E-state index contributed by atoms with van der Waals surface area (Å²) in [5, 5.41) is 8.97. The van der Waals surface area contributed by atoms with Crippen LogP contribution in [0.5, 0.6) is 0 Å². The number of aryl methyl sites for hydroxylation is 1. The molecule has 1 unspecified atom stereocenters. The van der Waals surface area contributed by atoms with Gasteiger partial charge in [0.05, 0.1) is 11.6 Å². The van der Waals surface area contributed by atoms with Crippen LogP contribution < -0.4 is 10.6 Å². The summed E-state index contributed by atoms with van der Waals surface area (Å²) in [7, 11) is 0. The summed E-state index contributed by atoms with van der Waals surface area (Å²) in [6, 6.07) is 3.98. The minimum atomic E-state index is -0.700. The van der Waals surface area contributed by atoms with Gasteiger partial charge in [-0.1, -0.05) is 11.2 Å². The highest BCUT2D eigenvalue weighted by Gasteiger charge is 2.31. The van der Waals surface area contributed by atoms with Gasteiger partial charge >= 0.3 is 0 Å². The van der Waals surface area contributed by atoms with Gasteiger partial charge in [-0.3, -0.25) is 14.9 Å². The zero-order valence-corrected chi connectivity index (χ0v) is 12.1. The molecule has 0 bridgehead atoms. The van der Waals surface area contributed by atoms with E-state index in [1.54, 1.807) is 13.8 Å². The first kappa shape index (κ1) is 14.2. The van der Waals surface area contributed by atoms with Crippen molar-refractivity contribution < 1.29 is 18.5 Å². The summed E-state index contributed by atoms with van der Waals surface area (Å²) in [4.78, 5) is 24.2. The Morgan fingerprint density at radius 3 is 2.91 bits per heavy atom. The zero-order chi connectivity index (χ0) is 15.9. The maximum atomic E-state index is 13.3. The number of rotatable bonds is 2. The quantitative estimate of drug-likeness (QED) is 0.892. The lowest BCUT2D eigenvalue weighted by Crippen LogP contribution is -2.31. The van der Waals surface area contributed by atoms with Crippen LogP contribution in [0, 0.1) is 19.7 Å². The molecule has 1 aliphatic rings. The molecule has 0 fully saturated rings. The predicted octanol–water partition coefficient (Wildman–Crippen LogP) is 2.50. The van der Waals surface area contributed by atoms with Crippen LogP contribution in [0.15, 0.2) is 22.7 Å². The molecule has 2 heterocycles. The highest BCUT2D eigenvalue weighted by molar-refractivity contribution is 6.04. The average molecular weight is 303 g/mol. The fourth-order valence-corrected chi connectivity index (χ4v) is 2.40. The Hall–Kier alpha value is -2.70. The molecule has 1 aromatic heterocycles. The summed E-state index contributed by atoms with van der Waals surface area (Å²) < 4.78 is 18.3. The minimum absolute atomic E-state index is 0.00334. The molecule has 6 nitrogen and oxygen atoms in total. The summed E-state index contributed by atoms with van der Waals surface area (Å²) >= 11 is 0. The second-order valence-electron chi connectivity index (χ2n) is 5.25. The van der Waals surface area contributed by atoms with E-state index in [1.165, 1.54) is 18.2 Å². The Morgan fingerprint density at radius 1 is 1.45 bits per heavy atom. The van der Waals surface area contributed by atoms with Gasteiger partial charge in [0, 0.05) is 17.7 Å². The van der Waals surface area contributed by atoms with Crippen LogP contribution in [0.3, 0.4) is 0 Å². The molecule has 2 amide bonds. The Kier molecular flexibility index (Phi) is 3.40. The monoisotopic (exact) mass is 303 g/mol. The molecule has 7 heteroatoms. The maximum absolute atomic E-state index is 13.3. The molecule has 0 saturated carbocycles. The van der Waals surface area contributed by atoms with Gasteiger partial charge in [0.2, 0.25) is 17.7 Å². The number of carbonyl (C=O) groups is 2. The van der Waals surface area contributed by atoms with Crippen molar-refractivity contribution in [3.63, 3.8) is 0 Å². The van der Waals surface area contributed by atoms with Crippen LogP contribution in [0.2, 0.25) is 0 Å². The highest BCUT2D eigenvalue weighted by atomic mass is 19.1. The van der Waals surface area contributed by atoms with Gasteiger partial charge in [-0.05, 0) is 31.5 Å². The normalized spacial score (nSPS) is 16.9. The molecule has 1 aliphatic heterocycles. The van der Waals surface area contributed by atoms with E-state index >= 15 is 0 Å². The number of anilines is 2. The second-order valence-corrected chi connectivity index (χ2v) is 5.25. The number of fused-ring (bicyclic) bond motifs is 1. The van der Waals surface area contributed by atoms with Gasteiger partial charge in [-0.2, -0.15) is 0 Å². The molecular weight excluding hydrogens is 289 g/mol. The molecule has 2 N–H and O–H groups in total. The molecular formula is C15H14FN3O3. The van der Waals surface area contributed by atoms with Gasteiger partial charge in [0.15, 0.2) is 0 Å². The fraction of sp³-hybridized carbons (Fsp3) is 0.267. The number of aromatic nitrogens is 1. The van der Waals surface area contributed by atoms with Crippen LogP contribution >= 0.6 is 0 Å². The topological polar surface area (TPSA) is 84.2 Å². The van der Waals surface area contributed by atoms with Crippen molar-refractivity contribution in [2.45, 2.75) is 26.2 Å². The number of benzene rings is 1. The van der Waals surface area contributed by atoms with Gasteiger partial charge in [0.25, 0.3) is 0 Å². The van der Waals surface area contributed by atoms with Crippen LogP contribution in [0.1, 0.15) is 29.2 Å². The van der Waals surface area contributed by atoms with Gasteiger partial charge in [-0.25, -0.2) is 4.39 Å². The largest absolute Gasteiger partial charge is 0.338 e. The lowest BCUT2D eigenvalue weighted by Gasteiger charge is -2.24. The van der Waals surface area contributed by atoms with Crippen molar-refractivity contribution in [2.75, 3.05) is 10.6 Å². The van der Waals surface area contributed by atoms with Gasteiger partial charge in [-0.15, -0.1) is 0 Å². The van der Waals surface area contributed by atoms with Crippen LogP contribution in [-0.4, -0.2) is 17.0 Å². The first-order valence-electron chi connectivity index (χ1n) is 6.78. The third-order valence-electron chi connectivity index (χ3n) is 3.76. The van der Waals surface area contributed by atoms with Crippen LogP contribution in [-0.2, 0) is 9.59 Å². The van der Waals surface area contributed by atoms with E-state index in [1.807, 2.05) is 0 Å². The Morgan fingerprint density at radius 2 is 2.23 bits per heavy atom. The van der Waals surface area contributed by atoms with E-state index in [0.29, 0.717) is 16.9 Å². The van der Waals surface area contributed by atoms with Gasteiger partial charge in [0.1, 0.15) is 5.82 Å². The molecule has 22 heavy (non-hydrogen) atoms. The molecule has 2 aromatic rings. The second kappa shape index (κ2) is 5.25. The summed E-state index contributed by atoms with van der Waals surface area (Å²) in [5.74, 6) is -1.63. The minimum Gasteiger partial charge on any atom is -0.338 e. The summed E-state index contributed by atoms with van der Waals surface area (Å²) in [5.41, 5.74) is 2.31. The first-order valence-corrected chi connectivity index (χ1v) is 6.78. The smallest absolute Gasteiger partial charge is 0.234 e. The number of hydrogen-bond donors (Lipinski definition) is 2. The molecule has 0 radical (unpaired) electrons. The van der Waals surface area contributed by atoms with E-state index in [9.17, 15) is 14.0 Å². The van der Waals surface area contributed by atoms with Crippen molar-refractivity contribution in [3.8, 4) is 0 Å². The Labute approximate surface area is 125 Å². The van der Waals surface area contributed by atoms with Crippen molar-refractivity contribution in [3.05, 3.63) is 40.8 Å². The maximum Gasteiger partial charge on any atom is 0.234 e. The number of hydrogen-bond acceptors (Lipinski definition) is 4. The number of nitrogens with zero attached hydrogens (tertiary/aromatic N) is 1. The standard InChI is InChI=1S/C15H14FN3O3/c1-7-8(2)19-22-15(7)18-14(21)11-6-13(20)17-12-5-9(16)3-4-10(11)12/h3-5,11H,6H2,1-2H3,(H,17,20)(H,18,21).